The summed E-state index contributed by atoms with van der Waals surface area (Å²) in [7, 11) is 1.78. The number of carbonyl (C=O) groups excluding carboxylic acids is 1. The Morgan fingerprint density at radius 3 is 2.77 bits per heavy atom. The van der Waals surface area contributed by atoms with Gasteiger partial charge in [0, 0.05) is 30.8 Å². The van der Waals surface area contributed by atoms with E-state index in [4.69, 9.17) is 5.11 Å². The van der Waals surface area contributed by atoms with Crippen LogP contribution in [0.5, 0.6) is 0 Å². The number of halogens is 1. The van der Waals surface area contributed by atoms with E-state index in [0.29, 0.717) is 12.2 Å². The van der Waals surface area contributed by atoms with Crippen molar-refractivity contribution in [2.75, 3.05) is 6.54 Å². The highest BCUT2D eigenvalue weighted by Crippen LogP contribution is 2.15. The molecule has 1 heterocycles. The number of carboxylic acid groups (broad SMARTS) is 1. The number of benzene rings is 1. The minimum atomic E-state index is -0.937. The number of amides is 1. The van der Waals surface area contributed by atoms with Crippen LogP contribution in [0.2, 0.25) is 0 Å². The zero-order valence-corrected chi connectivity index (χ0v) is 13.7. The van der Waals surface area contributed by atoms with Crippen molar-refractivity contribution in [2.24, 2.45) is 7.05 Å². The lowest BCUT2D eigenvalue weighted by atomic mass is 10.2. The van der Waals surface area contributed by atoms with Gasteiger partial charge in [0.1, 0.15) is 5.69 Å². The van der Waals surface area contributed by atoms with Gasteiger partial charge >= 0.3 is 5.97 Å². The average molecular weight is 366 g/mol. The van der Waals surface area contributed by atoms with Crippen molar-refractivity contribution in [3.05, 3.63) is 52.5 Å². The van der Waals surface area contributed by atoms with Crippen molar-refractivity contribution in [3.63, 3.8) is 0 Å². The van der Waals surface area contributed by atoms with Crippen molar-refractivity contribution in [1.82, 2.24) is 14.5 Å². The molecular weight excluding hydrogens is 350 g/mol. The van der Waals surface area contributed by atoms with Gasteiger partial charge in [-0.25, -0.2) is 4.98 Å². The molecule has 1 amide bonds. The van der Waals surface area contributed by atoms with Crippen molar-refractivity contribution >= 4 is 27.8 Å². The number of carbonyl (C=O) groups is 2. The number of hydrogen-bond donors (Lipinski definition) is 1. The third kappa shape index (κ3) is 4.42. The lowest BCUT2D eigenvalue weighted by Gasteiger charge is -2.21. The first-order chi connectivity index (χ1) is 10.5. The van der Waals surface area contributed by atoms with Crippen LogP contribution in [0.3, 0.4) is 0 Å². The highest BCUT2D eigenvalue weighted by Gasteiger charge is 2.19. The molecule has 116 valence electrons. The summed E-state index contributed by atoms with van der Waals surface area (Å²) in [5, 5.41) is 8.86. The molecule has 0 saturated carbocycles. The zero-order valence-electron chi connectivity index (χ0n) is 12.1. The SMILES string of the molecule is Cn1cnc(C(=O)N(CCC(=O)O)Cc2cccc(Br)c2)c1. The fraction of sp³-hybridized carbons (Fsp3) is 0.267. The van der Waals surface area contributed by atoms with E-state index in [-0.39, 0.29) is 18.9 Å². The number of rotatable bonds is 6. The maximum atomic E-state index is 12.5. The molecule has 1 aromatic heterocycles. The highest BCUT2D eigenvalue weighted by atomic mass is 79.9. The number of aryl methyl sites for hydroxylation is 1. The summed E-state index contributed by atoms with van der Waals surface area (Å²) >= 11 is 3.39. The average Bonchev–Trinajstić information content (AvgIpc) is 2.89. The number of hydrogen-bond acceptors (Lipinski definition) is 3. The molecular formula is C15H16BrN3O3. The Balaban J connectivity index is 2.18. The van der Waals surface area contributed by atoms with Crippen molar-refractivity contribution < 1.29 is 14.7 Å². The summed E-state index contributed by atoms with van der Waals surface area (Å²) in [6, 6.07) is 7.56. The smallest absolute Gasteiger partial charge is 0.305 e. The van der Waals surface area contributed by atoms with Gasteiger partial charge in [-0.2, -0.15) is 0 Å². The third-order valence-corrected chi connectivity index (χ3v) is 3.56. The fourth-order valence-electron chi connectivity index (χ4n) is 2.02. The van der Waals surface area contributed by atoms with Crippen LogP contribution in [0, 0.1) is 0 Å². The van der Waals surface area contributed by atoms with Gasteiger partial charge in [-0.15, -0.1) is 0 Å². The molecule has 2 rings (SSSR count). The molecule has 0 atom stereocenters. The van der Waals surface area contributed by atoms with E-state index in [1.165, 1.54) is 4.90 Å². The van der Waals surface area contributed by atoms with Crippen molar-refractivity contribution in [3.8, 4) is 0 Å². The Labute approximate surface area is 136 Å². The Hall–Kier alpha value is -2.15. The molecule has 22 heavy (non-hydrogen) atoms. The van der Waals surface area contributed by atoms with Crippen molar-refractivity contribution in [1.29, 1.82) is 0 Å². The lowest BCUT2D eigenvalue weighted by molar-refractivity contribution is -0.137. The van der Waals surface area contributed by atoms with Gasteiger partial charge in [-0.05, 0) is 17.7 Å². The van der Waals surface area contributed by atoms with Gasteiger partial charge in [-0.3, -0.25) is 9.59 Å². The molecule has 2 aromatic rings. The van der Waals surface area contributed by atoms with Gasteiger partial charge in [-0.1, -0.05) is 28.1 Å². The summed E-state index contributed by atoms with van der Waals surface area (Å²) in [5.74, 6) is -1.21. The fourth-order valence-corrected chi connectivity index (χ4v) is 2.47. The van der Waals surface area contributed by atoms with E-state index in [0.717, 1.165) is 10.0 Å². The van der Waals surface area contributed by atoms with Crippen LogP contribution in [0.4, 0.5) is 0 Å². The second-order valence-electron chi connectivity index (χ2n) is 4.92. The number of carboxylic acids is 1. The summed E-state index contributed by atoms with van der Waals surface area (Å²) in [6.45, 7) is 0.472. The van der Waals surface area contributed by atoms with Gasteiger partial charge in [0.2, 0.25) is 0 Å². The molecule has 0 bridgehead atoms. The number of aliphatic carboxylic acids is 1. The quantitative estimate of drug-likeness (QED) is 0.851. The second kappa shape index (κ2) is 7.22. The molecule has 7 heteroatoms. The van der Waals surface area contributed by atoms with Crippen LogP contribution in [-0.4, -0.2) is 38.0 Å². The molecule has 0 aliphatic heterocycles. The van der Waals surface area contributed by atoms with E-state index in [9.17, 15) is 9.59 Å². The maximum absolute atomic E-state index is 12.5. The predicted molar refractivity (Wildman–Crippen MR) is 84.3 cm³/mol. The van der Waals surface area contributed by atoms with Crippen LogP contribution >= 0.6 is 15.9 Å². The molecule has 0 fully saturated rings. The minimum absolute atomic E-state index is 0.105. The molecule has 0 saturated heterocycles. The molecule has 0 radical (unpaired) electrons. The van der Waals surface area contributed by atoms with Crippen LogP contribution < -0.4 is 0 Å². The van der Waals surface area contributed by atoms with Crippen molar-refractivity contribution in [2.45, 2.75) is 13.0 Å². The Morgan fingerprint density at radius 1 is 1.41 bits per heavy atom. The lowest BCUT2D eigenvalue weighted by Crippen LogP contribution is -2.32. The summed E-state index contributed by atoms with van der Waals surface area (Å²) in [4.78, 5) is 28.8. The normalized spacial score (nSPS) is 10.5. The molecule has 0 spiro atoms. The van der Waals surface area contributed by atoms with Gasteiger partial charge < -0.3 is 14.6 Å². The first-order valence-electron chi connectivity index (χ1n) is 6.69. The molecule has 1 aromatic carbocycles. The van der Waals surface area contributed by atoms with E-state index in [1.54, 1.807) is 24.1 Å². The topological polar surface area (TPSA) is 75.4 Å². The first-order valence-corrected chi connectivity index (χ1v) is 7.48. The van der Waals surface area contributed by atoms with E-state index in [1.807, 2.05) is 24.3 Å². The van der Waals surface area contributed by atoms with Crippen LogP contribution in [0.25, 0.3) is 0 Å². The van der Waals surface area contributed by atoms with Crippen LogP contribution in [0.1, 0.15) is 22.5 Å². The molecule has 0 aliphatic carbocycles. The highest BCUT2D eigenvalue weighted by molar-refractivity contribution is 9.10. The summed E-state index contributed by atoms with van der Waals surface area (Å²) < 4.78 is 2.59. The predicted octanol–water partition coefficient (Wildman–Crippen LogP) is 2.30. The number of imidazole rings is 1. The zero-order chi connectivity index (χ0) is 16.1. The van der Waals surface area contributed by atoms with E-state index < -0.39 is 5.97 Å². The Bertz CT molecular complexity index is 684. The third-order valence-electron chi connectivity index (χ3n) is 3.07. The largest absolute Gasteiger partial charge is 0.481 e. The van der Waals surface area contributed by atoms with Gasteiger partial charge in [0.15, 0.2) is 0 Å². The number of nitrogens with zero attached hydrogens (tertiary/aromatic N) is 3. The molecule has 0 unspecified atom stereocenters. The summed E-state index contributed by atoms with van der Waals surface area (Å²) in [5.41, 5.74) is 1.23. The first kappa shape index (κ1) is 16.2. The second-order valence-corrected chi connectivity index (χ2v) is 5.84. The monoisotopic (exact) mass is 365 g/mol. The van der Waals surface area contributed by atoms with Crippen LogP contribution in [0.15, 0.2) is 41.3 Å². The van der Waals surface area contributed by atoms with E-state index >= 15 is 0 Å². The molecule has 0 aliphatic rings. The van der Waals surface area contributed by atoms with Crippen LogP contribution in [-0.2, 0) is 18.4 Å². The Kier molecular flexibility index (Phi) is 5.32. The van der Waals surface area contributed by atoms with Gasteiger partial charge in [0.05, 0.1) is 12.7 Å². The molecule has 1 N–H and O–H groups in total. The van der Waals surface area contributed by atoms with E-state index in [2.05, 4.69) is 20.9 Å². The Morgan fingerprint density at radius 2 is 2.18 bits per heavy atom. The molecule has 6 nitrogen and oxygen atoms in total. The number of aromatic nitrogens is 2. The standard InChI is InChI=1S/C15H16BrN3O3/c1-18-9-13(17-10-18)15(22)19(6-5-14(20)21)8-11-3-2-4-12(16)7-11/h2-4,7,9-10H,5-6,8H2,1H3,(H,20,21). The maximum Gasteiger partial charge on any atom is 0.305 e. The van der Waals surface area contributed by atoms with Gasteiger partial charge in [0.25, 0.3) is 5.91 Å². The summed E-state index contributed by atoms with van der Waals surface area (Å²) in [6.07, 6.45) is 3.06. The minimum Gasteiger partial charge on any atom is -0.481 e.